The third-order valence-electron chi connectivity index (χ3n) is 10.8. The van der Waals surface area contributed by atoms with Gasteiger partial charge in [-0.2, -0.15) is 10.2 Å². The molecule has 3 amide bonds. The standard InChI is InChI=1S/C35H39F2N11O4/c1-43-30-25(4-2-5-26(30)48(35(43)52)27-10-11-28(49)41-34(27)51)45-16-14-44(15-17-45)19-21-6-8-22(9-7-21)47-20-24(29(42-47)31(36)37)40-33(50)23-18-39-46-13-3-12-38-32(23)46/h2-5,12-13,18,20-22,27,31H,6-11,14-17,19H2,1H3,(H,40,50)(H,41,49,51)/t21-,22-,27?. The third-order valence-corrected chi connectivity index (χ3v) is 10.8. The van der Waals surface area contributed by atoms with Gasteiger partial charge in [-0.05, 0) is 56.2 Å². The largest absolute Gasteiger partial charge is 0.367 e. The van der Waals surface area contributed by atoms with Crippen molar-refractivity contribution in [3.63, 3.8) is 0 Å². The smallest absolute Gasteiger partial charge is 0.329 e. The van der Waals surface area contributed by atoms with Gasteiger partial charge >= 0.3 is 5.69 Å². The van der Waals surface area contributed by atoms with E-state index >= 15 is 0 Å². The van der Waals surface area contributed by atoms with Crippen LogP contribution in [0.25, 0.3) is 16.7 Å². The molecule has 4 aromatic heterocycles. The van der Waals surface area contributed by atoms with E-state index in [0.717, 1.165) is 69.6 Å². The van der Waals surface area contributed by atoms with Gasteiger partial charge in [0.05, 0.1) is 34.6 Å². The maximum atomic E-state index is 14.0. The number of imide groups is 1. The van der Waals surface area contributed by atoms with Gasteiger partial charge in [0.15, 0.2) is 11.3 Å². The number of piperidine rings is 1. The highest BCUT2D eigenvalue weighted by atomic mass is 19.3. The van der Waals surface area contributed by atoms with Crippen molar-refractivity contribution in [2.75, 3.05) is 42.9 Å². The molecular formula is C35H39F2N11O4. The first-order valence-corrected chi connectivity index (χ1v) is 17.6. The fourth-order valence-corrected chi connectivity index (χ4v) is 8.06. The Morgan fingerprint density at radius 3 is 2.58 bits per heavy atom. The fourth-order valence-electron chi connectivity index (χ4n) is 8.06. The number of aromatic nitrogens is 7. The fraction of sp³-hybridized carbons (Fsp3) is 0.457. The molecule has 17 heteroatoms. The Morgan fingerprint density at radius 2 is 1.83 bits per heavy atom. The highest BCUT2D eigenvalue weighted by Gasteiger charge is 2.33. The molecule has 1 aliphatic carbocycles. The van der Waals surface area contributed by atoms with Crippen LogP contribution in [0, 0.1) is 5.92 Å². The number of rotatable bonds is 8. The number of hydrogen-bond acceptors (Lipinski definition) is 9. The molecule has 0 radical (unpaired) electrons. The second-order valence-electron chi connectivity index (χ2n) is 13.9. The molecule has 1 saturated carbocycles. The van der Waals surface area contributed by atoms with Crippen molar-refractivity contribution in [1.29, 1.82) is 0 Å². The maximum absolute atomic E-state index is 14.0. The number of fused-ring (bicyclic) bond motifs is 2. The third kappa shape index (κ3) is 6.11. The number of alkyl halides is 2. The monoisotopic (exact) mass is 715 g/mol. The molecule has 3 fully saturated rings. The molecular weight excluding hydrogens is 676 g/mol. The molecule has 52 heavy (non-hydrogen) atoms. The van der Waals surface area contributed by atoms with Crippen LogP contribution in [0.3, 0.4) is 0 Å². The number of benzene rings is 1. The van der Waals surface area contributed by atoms with Gasteiger partial charge in [-0.3, -0.25) is 38.4 Å². The summed E-state index contributed by atoms with van der Waals surface area (Å²) in [5.74, 6) is -0.890. The molecule has 2 N–H and O–H groups in total. The summed E-state index contributed by atoms with van der Waals surface area (Å²) in [7, 11) is 1.72. The van der Waals surface area contributed by atoms with E-state index in [4.69, 9.17) is 0 Å². The number of para-hydroxylation sites is 1. The zero-order chi connectivity index (χ0) is 36.1. The molecule has 2 saturated heterocycles. The second kappa shape index (κ2) is 13.6. The van der Waals surface area contributed by atoms with Crippen molar-refractivity contribution < 1.29 is 23.2 Å². The Hall–Kier alpha value is -5.45. The zero-order valence-corrected chi connectivity index (χ0v) is 28.6. The molecule has 0 bridgehead atoms. The Kier molecular flexibility index (Phi) is 8.80. The summed E-state index contributed by atoms with van der Waals surface area (Å²) in [6.45, 7) is 4.18. The van der Waals surface area contributed by atoms with Crippen molar-refractivity contribution in [1.82, 2.24) is 43.7 Å². The first kappa shape index (κ1) is 33.7. The topological polar surface area (TPSA) is 157 Å². The van der Waals surface area contributed by atoms with Crippen LogP contribution in [0.1, 0.15) is 73.1 Å². The number of nitrogens with one attached hydrogen (secondary N) is 2. The first-order valence-electron chi connectivity index (χ1n) is 17.6. The highest BCUT2D eigenvalue weighted by Crippen LogP contribution is 2.36. The molecule has 5 aromatic rings. The van der Waals surface area contributed by atoms with E-state index in [2.05, 4.69) is 35.6 Å². The number of nitrogens with zero attached hydrogens (tertiary/aromatic N) is 9. The summed E-state index contributed by atoms with van der Waals surface area (Å²) in [6, 6.07) is 6.67. The molecule has 272 valence electrons. The summed E-state index contributed by atoms with van der Waals surface area (Å²) in [6.07, 6.45) is 7.13. The average Bonchev–Trinajstić information content (AvgIpc) is 3.84. The van der Waals surface area contributed by atoms with E-state index in [1.807, 2.05) is 18.2 Å². The number of carbonyl (C=O) groups excluding carboxylic acids is 3. The highest BCUT2D eigenvalue weighted by molar-refractivity contribution is 6.08. The predicted octanol–water partition coefficient (Wildman–Crippen LogP) is 3.30. The van der Waals surface area contributed by atoms with Crippen LogP contribution in [0.4, 0.5) is 20.2 Å². The SMILES string of the molecule is Cn1c(=O)n(C2CCC(=O)NC2=O)c2cccc(N3CCN(C[C@H]4CC[C@H](n5cc(NC(=O)c6cnn7cccnc67)c(C(F)F)n5)CC4)CC3)c21. The number of aryl methyl sites for hydroxylation is 1. The average molecular weight is 716 g/mol. The molecule has 1 aromatic carbocycles. The van der Waals surface area contributed by atoms with Crippen LogP contribution >= 0.6 is 0 Å². The van der Waals surface area contributed by atoms with Crippen LogP contribution in [0.15, 0.2) is 53.8 Å². The number of imidazole rings is 1. The minimum atomic E-state index is -2.85. The zero-order valence-electron chi connectivity index (χ0n) is 28.6. The van der Waals surface area contributed by atoms with Gasteiger partial charge in [-0.15, -0.1) is 0 Å². The number of anilines is 2. The van der Waals surface area contributed by atoms with Gasteiger partial charge < -0.3 is 10.2 Å². The lowest BCUT2D eigenvalue weighted by molar-refractivity contribution is -0.135. The summed E-state index contributed by atoms with van der Waals surface area (Å²) in [5, 5.41) is 13.3. The van der Waals surface area contributed by atoms with Crippen LogP contribution in [-0.4, -0.2) is 88.9 Å². The van der Waals surface area contributed by atoms with Gasteiger partial charge in [0, 0.05) is 64.8 Å². The van der Waals surface area contributed by atoms with Gasteiger partial charge in [-0.1, -0.05) is 6.07 Å². The molecule has 1 unspecified atom stereocenters. The number of piperazine rings is 1. The van der Waals surface area contributed by atoms with Crippen molar-refractivity contribution in [2.45, 2.75) is 57.0 Å². The summed E-state index contributed by atoms with van der Waals surface area (Å²) in [4.78, 5) is 59.7. The van der Waals surface area contributed by atoms with E-state index in [1.165, 1.54) is 27.7 Å². The van der Waals surface area contributed by atoms with Crippen molar-refractivity contribution in [2.24, 2.45) is 13.0 Å². The number of carbonyl (C=O) groups is 3. The Bertz CT molecular complexity index is 2220. The molecule has 8 rings (SSSR count). The molecule has 6 heterocycles. The maximum Gasteiger partial charge on any atom is 0.329 e. The molecule has 0 spiro atoms. The van der Waals surface area contributed by atoms with Crippen molar-refractivity contribution in [3.8, 4) is 0 Å². The van der Waals surface area contributed by atoms with Gasteiger partial charge in [-0.25, -0.2) is 23.1 Å². The van der Waals surface area contributed by atoms with E-state index in [9.17, 15) is 28.0 Å². The van der Waals surface area contributed by atoms with Crippen LogP contribution in [0.5, 0.6) is 0 Å². The van der Waals surface area contributed by atoms with E-state index in [-0.39, 0.29) is 41.7 Å². The van der Waals surface area contributed by atoms with Gasteiger partial charge in [0.25, 0.3) is 12.3 Å². The second-order valence-corrected chi connectivity index (χ2v) is 13.9. The van der Waals surface area contributed by atoms with E-state index < -0.39 is 30.0 Å². The van der Waals surface area contributed by atoms with Crippen LogP contribution < -0.4 is 21.2 Å². The van der Waals surface area contributed by atoms with Gasteiger partial charge in [0.2, 0.25) is 11.8 Å². The van der Waals surface area contributed by atoms with Crippen molar-refractivity contribution in [3.05, 3.63) is 70.8 Å². The molecule has 1 atom stereocenters. The van der Waals surface area contributed by atoms with Crippen LogP contribution in [-0.2, 0) is 16.6 Å². The predicted molar refractivity (Wildman–Crippen MR) is 186 cm³/mol. The quantitative estimate of drug-likeness (QED) is 0.230. The molecule has 3 aliphatic rings. The Balaban J connectivity index is 0.880. The molecule has 15 nitrogen and oxygen atoms in total. The number of amides is 3. The molecule has 2 aliphatic heterocycles. The van der Waals surface area contributed by atoms with E-state index in [1.54, 1.807) is 28.6 Å². The summed E-state index contributed by atoms with van der Waals surface area (Å²) in [5.41, 5.74) is 2.14. The lowest BCUT2D eigenvalue weighted by Gasteiger charge is -2.39. The number of hydrogen-bond donors (Lipinski definition) is 2. The van der Waals surface area contributed by atoms with Crippen molar-refractivity contribution >= 4 is 45.8 Å². The number of halogens is 2. The first-order chi connectivity index (χ1) is 25.2. The Morgan fingerprint density at radius 1 is 1.04 bits per heavy atom. The van der Waals surface area contributed by atoms with Crippen LogP contribution in [0.2, 0.25) is 0 Å². The normalized spacial score (nSPS) is 21.7. The van der Waals surface area contributed by atoms with E-state index in [0.29, 0.717) is 17.1 Å². The minimum Gasteiger partial charge on any atom is -0.367 e. The minimum absolute atomic E-state index is 0.0152. The Labute approximate surface area is 296 Å². The lowest BCUT2D eigenvalue weighted by atomic mass is 9.85. The summed E-state index contributed by atoms with van der Waals surface area (Å²) < 4.78 is 34.2. The summed E-state index contributed by atoms with van der Waals surface area (Å²) >= 11 is 0. The lowest BCUT2D eigenvalue weighted by Crippen LogP contribution is -2.48. The van der Waals surface area contributed by atoms with Gasteiger partial charge in [0.1, 0.15) is 11.6 Å².